The van der Waals surface area contributed by atoms with Crippen molar-refractivity contribution in [3.63, 3.8) is 0 Å². The van der Waals surface area contributed by atoms with Gasteiger partial charge in [0.2, 0.25) is 0 Å². The van der Waals surface area contributed by atoms with Crippen LogP contribution in [0.3, 0.4) is 0 Å². The molecule has 0 aliphatic carbocycles. The number of hydrogen-bond acceptors (Lipinski definition) is 2. The number of halogens is 1. The van der Waals surface area contributed by atoms with Gasteiger partial charge in [-0.15, -0.1) is 0 Å². The SMILES string of the molecule is CC1(C)CCCN1c1cc(Cl)ccc1C=O. The van der Waals surface area contributed by atoms with Crippen LogP contribution >= 0.6 is 11.6 Å². The van der Waals surface area contributed by atoms with E-state index in [1.807, 2.05) is 6.07 Å². The van der Waals surface area contributed by atoms with Crippen molar-refractivity contribution < 1.29 is 4.79 Å². The Morgan fingerprint density at radius 1 is 1.44 bits per heavy atom. The Morgan fingerprint density at radius 3 is 2.75 bits per heavy atom. The smallest absolute Gasteiger partial charge is 0.152 e. The van der Waals surface area contributed by atoms with Crippen LogP contribution in [-0.2, 0) is 0 Å². The van der Waals surface area contributed by atoms with Crippen LogP contribution in [-0.4, -0.2) is 18.4 Å². The number of benzene rings is 1. The first-order valence-corrected chi connectivity index (χ1v) is 5.95. The molecule has 0 unspecified atom stereocenters. The highest BCUT2D eigenvalue weighted by atomic mass is 35.5. The van der Waals surface area contributed by atoms with Crippen LogP contribution in [0.5, 0.6) is 0 Å². The summed E-state index contributed by atoms with van der Waals surface area (Å²) >= 11 is 6.00. The molecule has 2 nitrogen and oxygen atoms in total. The standard InChI is InChI=1S/C13H16ClNO/c1-13(2)6-3-7-15(13)12-8-11(14)5-4-10(12)9-16/h4-5,8-9H,3,6-7H2,1-2H3. The normalized spacial score (nSPS) is 18.8. The molecule has 0 amide bonds. The number of hydrogen-bond donors (Lipinski definition) is 0. The van der Waals surface area contributed by atoms with Crippen LogP contribution in [0.1, 0.15) is 37.0 Å². The summed E-state index contributed by atoms with van der Waals surface area (Å²) in [6, 6.07) is 5.44. The van der Waals surface area contributed by atoms with E-state index >= 15 is 0 Å². The van der Waals surface area contributed by atoms with Gasteiger partial charge in [-0.3, -0.25) is 4.79 Å². The summed E-state index contributed by atoms with van der Waals surface area (Å²) in [5, 5.41) is 0.684. The third-order valence-corrected chi connectivity index (χ3v) is 3.55. The molecule has 0 atom stereocenters. The molecule has 1 fully saturated rings. The lowest BCUT2D eigenvalue weighted by Gasteiger charge is -2.34. The van der Waals surface area contributed by atoms with Crippen LogP contribution in [0.15, 0.2) is 18.2 Å². The molecule has 0 N–H and O–H groups in total. The van der Waals surface area contributed by atoms with Gasteiger partial charge in [0, 0.05) is 28.4 Å². The molecule has 0 spiro atoms. The van der Waals surface area contributed by atoms with E-state index in [4.69, 9.17) is 11.6 Å². The summed E-state index contributed by atoms with van der Waals surface area (Å²) in [6.07, 6.45) is 3.22. The van der Waals surface area contributed by atoms with Gasteiger partial charge in [-0.25, -0.2) is 0 Å². The van der Waals surface area contributed by atoms with Crippen LogP contribution in [0, 0.1) is 0 Å². The topological polar surface area (TPSA) is 20.3 Å². The van der Waals surface area contributed by atoms with Gasteiger partial charge in [-0.05, 0) is 44.9 Å². The Hall–Kier alpha value is -1.02. The molecule has 1 aliphatic rings. The molecule has 0 aromatic heterocycles. The first kappa shape index (κ1) is 11.5. The minimum Gasteiger partial charge on any atom is -0.366 e. The van der Waals surface area contributed by atoms with E-state index in [9.17, 15) is 4.79 Å². The molecule has 2 rings (SSSR count). The summed E-state index contributed by atoms with van der Waals surface area (Å²) in [4.78, 5) is 13.3. The van der Waals surface area contributed by atoms with E-state index in [2.05, 4.69) is 18.7 Å². The maximum atomic E-state index is 11.0. The number of anilines is 1. The van der Waals surface area contributed by atoms with Crippen molar-refractivity contribution in [3.05, 3.63) is 28.8 Å². The first-order chi connectivity index (χ1) is 7.54. The second kappa shape index (κ2) is 4.10. The molecule has 1 aliphatic heterocycles. The van der Waals surface area contributed by atoms with Gasteiger partial charge in [0.05, 0.1) is 0 Å². The van der Waals surface area contributed by atoms with Gasteiger partial charge >= 0.3 is 0 Å². The largest absolute Gasteiger partial charge is 0.366 e. The highest BCUT2D eigenvalue weighted by Gasteiger charge is 2.33. The molecule has 1 aromatic carbocycles. The van der Waals surface area contributed by atoms with Crippen molar-refractivity contribution in [1.82, 2.24) is 0 Å². The van der Waals surface area contributed by atoms with E-state index < -0.39 is 0 Å². The molecule has 1 aromatic rings. The molecule has 0 radical (unpaired) electrons. The van der Waals surface area contributed by atoms with E-state index in [0.29, 0.717) is 5.02 Å². The molecule has 1 heterocycles. The molecule has 1 saturated heterocycles. The Kier molecular flexibility index (Phi) is 2.94. The maximum absolute atomic E-state index is 11.0. The fourth-order valence-electron chi connectivity index (χ4n) is 2.40. The van der Waals surface area contributed by atoms with E-state index in [1.165, 1.54) is 0 Å². The quantitative estimate of drug-likeness (QED) is 0.734. The fraction of sp³-hybridized carbons (Fsp3) is 0.462. The number of nitrogens with zero attached hydrogens (tertiary/aromatic N) is 1. The van der Waals surface area contributed by atoms with Crippen LogP contribution in [0.2, 0.25) is 5.02 Å². The molecule has 0 bridgehead atoms. The van der Waals surface area contributed by atoms with Crippen molar-refractivity contribution in [2.24, 2.45) is 0 Å². The van der Waals surface area contributed by atoms with Gasteiger partial charge in [0.1, 0.15) is 0 Å². The third kappa shape index (κ3) is 1.94. The maximum Gasteiger partial charge on any atom is 0.152 e. The zero-order chi connectivity index (χ0) is 11.8. The Balaban J connectivity index is 2.46. The zero-order valence-corrected chi connectivity index (χ0v) is 10.4. The number of aldehydes is 1. The van der Waals surface area contributed by atoms with Crippen molar-refractivity contribution in [2.45, 2.75) is 32.2 Å². The Morgan fingerprint density at radius 2 is 2.19 bits per heavy atom. The average Bonchev–Trinajstić information content (AvgIpc) is 2.58. The molecule has 86 valence electrons. The second-order valence-electron chi connectivity index (χ2n) is 4.89. The van der Waals surface area contributed by atoms with Gasteiger partial charge in [-0.2, -0.15) is 0 Å². The van der Waals surface area contributed by atoms with Crippen molar-refractivity contribution in [1.29, 1.82) is 0 Å². The second-order valence-corrected chi connectivity index (χ2v) is 5.33. The highest BCUT2D eigenvalue weighted by Crippen LogP contribution is 2.36. The first-order valence-electron chi connectivity index (χ1n) is 5.57. The minimum atomic E-state index is 0.114. The summed E-state index contributed by atoms with van der Waals surface area (Å²) in [5.41, 5.74) is 1.80. The molecule has 3 heteroatoms. The van der Waals surface area contributed by atoms with Gasteiger partial charge in [0.15, 0.2) is 6.29 Å². The number of rotatable bonds is 2. The fourth-order valence-corrected chi connectivity index (χ4v) is 2.57. The van der Waals surface area contributed by atoms with E-state index in [0.717, 1.165) is 36.9 Å². The number of carbonyl (C=O) groups excluding carboxylic acids is 1. The highest BCUT2D eigenvalue weighted by molar-refractivity contribution is 6.31. The van der Waals surface area contributed by atoms with Crippen LogP contribution < -0.4 is 4.90 Å². The van der Waals surface area contributed by atoms with Crippen LogP contribution in [0.4, 0.5) is 5.69 Å². The summed E-state index contributed by atoms with van der Waals surface area (Å²) in [5.74, 6) is 0. The predicted octanol–water partition coefficient (Wildman–Crippen LogP) is 3.53. The molecular formula is C13H16ClNO. The molecule has 0 saturated carbocycles. The Bertz CT molecular complexity index is 414. The van der Waals surface area contributed by atoms with Gasteiger partial charge < -0.3 is 4.90 Å². The third-order valence-electron chi connectivity index (χ3n) is 3.31. The molecular weight excluding hydrogens is 222 g/mol. The number of carbonyl (C=O) groups is 1. The van der Waals surface area contributed by atoms with Gasteiger partial charge in [0.25, 0.3) is 0 Å². The lowest BCUT2D eigenvalue weighted by Crippen LogP contribution is -2.38. The monoisotopic (exact) mass is 237 g/mol. The summed E-state index contributed by atoms with van der Waals surface area (Å²) < 4.78 is 0. The Labute approximate surface area is 101 Å². The summed E-state index contributed by atoms with van der Waals surface area (Å²) in [7, 11) is 0. The average molecular weight is 238 g/mol. The van der Waals surface area contributed by atoms with E-state index in [1.54, 1.807) is 12.1 Å². The van der Waals surface area contributed by atoms with Crippen molar-refractivity contribution >= 4 is 23.6 Å². The lowest BCUT2D eigenvalue weighted by molar-refractivity contribution is 0.112. The van der Waals surface area contributed by atoms with Crippen LogP contribution in [0.25, 0.3) is 0 Å². The van der Waals surface area contributed by atoms with Crippen molar-refractivity contribution in [3.8, 4) is 0 Å². The predicted molar refractivity (Wildman–Crippen MR) is 67.5 cm³/mol. The summed E-state index contributed by atoms with van der Waals surface area (Å²) in [6.45, 7) is 5.40. The lowest BCUT2D eigenvalue weighted by atomic mass is 10.0. The zero-order valence-electron chi connectivity index (χ0n) is 9.66. The van der Waals surface area contributed by atoms with E-state index in [-0.39, 0.29) is 5.54 Å². The minimum absolute atomic E-state index is 0.114. The van der Waals surface area contributed by atoms with Gasteiger partial charge in [-0.1, -0.05) is 11.6 Å². The molecule has 16 heavy (non-hydrogen) atoms. The van der Waals surface area contributed by atoms with Crippen molar-refractivity contribution in [2.75, 3.05) is 11.4 Å².